The fourth-order valence-electron chi connectivity index (χ4n) is 1.65. The first-order chi connectivity index (χ1) is 9.94. The van der Waals surface area contributed by atoms with Crippen molar-refractivity contribution < 1.29 is 4.79 Å². The number of rotatable bonds is 4. The van der Waals surface area contributed by atoms with E-state index in [0.717, 1.165) is 5.56 Å². The lowest BCUT2D eigenvalue weighted by Gasteiger charge is -2.19. The monoisotopic (exact) mass is 285 g/mol. The second-order valence-electron chi connectivity index (χ2n) is 5.72. The Morgan fingerprint density at radius 1 is 1.10 bits per heavy atom. The molecule has 2 heterocycles. The number of hydrogen-bond acceptors (Lipinski definition) is 5. The van der Waals surface area contributed by atoms with Crippen LogP contribution in [0.3, 0.4) is 0 Å². The Morgan fingerprint density at radius 2 is 1.81 bits per heavy atom. The van der Waals surface area contributed by atoms with Gasteiger partial charge in [0.15, 0.2) is 5.69 Å². The number of anilines is 1. The predicted octanol–water partition coefficient (Wildman–Crippen LogP) is 2.01. The molecule has 0 unspecified atom stereocenters. The van der Waals surface area contributed by atoms with Crippen molar-refractivity contribution in [1.82, 2.24) is 20.5 Å². The van der Waals surface area contributed by atoms with Crippen molar-refractivity contribution >= 4 is 11.7 Å². The van der Waals surface area contributed by atoms with Crippen LogP contribution in [0.4, 0.5) is 5.82 Å². The minimum atomic E-state index is -0.295. The van der Waals surface area contributed by atoms with E-state index in [9.17, 15) is 4.79 Å². The first kappa shape index (κ1) is 14.9. The second-order valence-corrected chi connectivity index (χ2v) is 5.72. The lowest BCUT2D eigenvalue weighted by molar-refractivity contribution is 0.0913. The van der Waals surface area contributed by atoms with Crippen LogP contribution < -0.4 is 10.6 Å². The molecule has 0 atom stereocenters. The number of nitrogens with one attached hydrogen (secondary N) is 2. The number of aromatic nitrogens is 3. The van der Waals surface area contributed by atoms with Crippen LogP contribution in [0.2, 0.25) is 0 Å². The van der Waals surface area contributed by atoms with Crippen molar-refractivity contribution in [2.45, 2.75) is 32.9 Å². The fourth-order valence-corrected chi connectivity index (χ4v) is 1.65. The minimum absolute atomic E-state index is 0.226. The summed E-state index contributed by atoms with van der Waals surface area (Å²) in [7, 11) is 0. The van der Waals surface area contributed by atoms with Gasteiger partial charge in [-0.3, -0.25) is 9.78 Å². The zero-order chi connectivity index (χ0) is 15.3. The molecule has 0 saturated carbocycles. The lowest BCUT2D eigenvalue weighted by Crippen LogP contribution is -2.41. The van der Waals surface area contributed by atoms with E-state index in [1.54, 1.807) is 24.5 Å². The quantitative estimate of drug-likeness (QED) is 0.898. The average molecular weight is 285 g/mol. The number of amides is 1. The third-order valence-electron chi connectivity index (χ3n) is 2.61. The van der Waals surface area contributed by atoms with E-state index in [-0.39, 0.29) is 11.4 Å². The van der Waals surface area contributed by atoms with E-state index in [1.807, 2.05) is 32.9 Å². The maximum absolute atomic E-state index is 11.9. The Kier molecular flexibility index (Phi) is 4.47. The molecule has 0 aliphatic carbocycles. The zero-order valence-electron chi connectivity index (χ0n) is 12.4. The molecule has 110 valence electrons. The molecule has 0 spiro atoms. The molecule has 21 heavy (non-hydrogen) atoms. The first-order valence-corrected chi connectivity index (χ1v) is 6.73. The molecule has 0 aromatic carbocycles. The Bertz CT molecular complexity index is 590. The van der Waals surface area contributed by atoms with Crippen LogP contribution >= 0.6 is 0 Å². The normalized spacial score (nSPS) is 11.0. The van der Waals surface area contributed by atoms with E-state index >= 15 is 0 Å². The van der Waals surface area contributed by atoms with Gasteiger partial charge in [0, 0.05) is 24.5 Å². The van der Waals surface area contributed by atoms with Gasteiger partial charge in [-0.1, -0.05) is 0 Å². The van der Waals surface area contributed by atoms with Crippen LogP contribution in [0, 0.1) is 0 Å². The van der Waals surface area contributed by atoms with Crippen LogP contribution in [0.5, 0.6) is 0 Å². The minimum Gasteiger partial charge on any atom is -0.365 e. The van der Waals surface area contributed by atoms with Crippen LogP contribution in [-0.2, 0) is 6.54 Å². The smallest absolute Gasteiger partial charge is 0.272 e. The van der Waals surface area contributed by atoms with Crippen LogP contribution in [0.15, 0.2) is 36.7 Å². The second kappa shape index (κ2) is 6.30. The SMILES string of the molecule is CC(C)(C)NC(=O)c1ccc(NCc2ccncc2)nn1. The van der Waals surface area contributed by atoms with Crippen molar-refractivity contribution in [3.63, 3.8) is 0 Å². The average Bonchev–Trinajstić information content (AvgIpc) is 2.45. The Hall–Kier alpha value is -2.50. The Balaban J connectivity index is 1.94. The fraction of sp³-hybridized carbons (Fsp3) is 0.333. The predicted molar refractivity (Wildman–Crippen MR) is 80.8 cm³/mol. The van der Waals surface area contributed by atoms with Gasteiger partial charge in [0.05, 0.1) is 0 Å². The van der Waals surface area contributed by atoms with Crippen LogP contribution in [0.25, 0.3) is 0 Å². The van der Waals surface area contributed by atoms with Crippen molar-refractivity contribution in [2.75, 3.05) is 5.32 Å². The number of carbonyl (C=O) groups is 1. The van der Waals surface area contributed by atoms with E-state index in [0.29, 0.717) is 18.1 Å². The van der Waals surface area contributed by atoms with Crippen molar-refractivity contribution in [3.8, 4) is 0 Å². The molecular weight excluding hydrogens is 266 g/mol. The van der Waals surface area contributed by atoms with Crippen molar-refractivity contribution in [3.05, 3.63) is 47.9 Å². The highest BCUT2D eigenvalue weighted by molar-refractivity contribution is 5.92. The number of pyridine rings is 1. The Morgan fingerprint density at radius 3 is 2.38 bits per heavy atom. The van der Waals surface area contributed by atoms with Gasteiger partial charge in [-0.05, 0) is 50.6 Å². The standard InChI is InChI=1S/C15H19N5O/c1-15(2,3)18-14(21)12-4-5-13(20-19-12)17-10-11-6-8-16-9-7-11/h4-9H,10H2,1-3H3,(H,17,20)(H,18,21). The van der Waals surface area contributed by atoms with Gasteiger partial charge in [-0.25, -0.2) is 0 Å². The van der Waals surface area contributed by atoms with E-state index in [2.05, 4.69) is 25.8 Å². The van der Waals surface area contributed by atoms with Crippen LogP contribution in [-0.4, -0.2) is 26.6 Å². The van der Waals surface area contributed by atoms with E-state index in [1.165, 1.54) is 0 Å². The molecule has 0 aliphatic rings. The largest absolute Gasteiger partial charge is 0.365 e. The summed E-state index contributed by atoms with van der Waals surface area (Å²) in [4.78, 5) is 15.9. The van der Waals surface area contributed by atoms with E-state index in [4.69, 9.17) is 0 Å². The number of hydrogen-bond donors (Lipinski definition) is 2. The third-order valence-corrected chi connectivity index (χ3v) is 2.61. The molecular formula is C15H19N5O. The highest BCUT2D eigenvalue weighted by Crippen LogP contribution is 2.07. The van der Waals surface area contributed by atoms with Gasteiger partial charge in [0.25, 0.3) is 5.91 Å². The molecule has 2 aromatic rings. The highest BCUT2D eigenvalue weighted by atomic mass is 16.2. The summed E-state index contributed by atoms with van der Waals surface area (Å²) in [5, 5.41) is 13.9. The summed E-state index contributed by atoms with van der Waals surface area (Å²) in [5.41, 5.74) is 1.11. The summed E-state index contributed by atoms with van der Waals surface area (Å²) in [6, 6.07) is 7.24. The van der Waals surface area contributed by atoms with Gasteiger partial charge in [0.1, 0.15) is 5.82 Å². The van der Waals surface area contributed by atoms with Crippen LogP contribution in [0.1, 0.15) is 36.8 Å². The summed E-state index contributed by atoms with van der Waals surface area (Å²) < 4.78 is 0. The zero-order valence-corrected chi connectivity index (χ0v) is 12.4. The molecule has 0 bridgehead atoms. The Labute approximate surface area is 124 Å². The number of nitrogens with zero attached hydrogens (tertiary/aromatic N) is 3. The van der Waals surface area contributed by atoms with Crippen molar-refractivity contribution in [1.29, 1.82) is 0 Å². The summed E-state index contributed by atoms with van der Waals surface area (Å²) >= 11 is 0. The molecule has 2 rings (SSSR count). The summed E-state index contributed by atoms with van der Waals surface area (Å²) in [6.45, 7) is 6.39. The van der Waals surface area contributed by atoms with E-state index < -0.39 is 0 Å². The molecule has 1 amide bonds. The van der Waals surface area contributed by atoms with Gasteiger partial charge in [-0.2, -0.15) is 0 Å². The topological polar surface area (TPSA) is 79.8 Å². The molecule has 2 N–H and O–H groups in total. The van der Waals surface area contributed by atoms with Gasteiger partial charge >= 0.3 is 0 Å². The van der Waals surface area contributed by atoms with Gasteiger partial charge in [-0.15, -0.1) is 10.2 Å². The molecule has 0 aliphatic heterocycles. The molecule has 6 nitrogen and oxygen atoms in total. The summed E-state index contributed by atoms with van der Waals surface area (Å²) in [6.07, 6.45) is 3.48. The molecule has 0 radical (unpaired) electrons. The molecule has 0 fully saturated rings. The van der Waals surface area contributed by atoms with Gasteiger partial charge < -0.3 is 10.6 Å². The highest BCUT2D eigenvalue weighted by Gasteiger charge is 2.16. The lowest BCUT2D eigenvalue weighted by atomic mass is 10.1. The molecule has 2 aromatic heterocycles. The molecule has 6 heteroatoms. The third kappa shape index (κ3) is 4.83. The number of carbonyl (C=O) groups excluding carboxylic acids is 1. The van der Waals surface area contributed by atoms with Gasteiger partial charge in [0.2, 0.25) is 0 Å². The maximum Gasteiger partial charge on any atom is 0.272 e. The molecule has 0 saturated heterocycles. The first-order valence-electron chi connectivity index (χ1n) is 6.73. The van der Waals surface area contributed by atoms with Crippen molar-refractivity contribution in [2.24, 2.45) is 0 Å². The summed E-state index contributed by atoms with van der Waals surface area (Å²) in [5.74, 6) is 0.398. The maximum atomic E-state index is 11.9.